The van der Waals surface area contributed by atoms with Gasteiger partial charge in [0.1, 0.15) is 6.20 Å². The minimum atomic E-state index is -0.479. The Bertz CT molecular complexity index is 538. The highest BCUT2D eigenvalue weighted by molar-refractivity contribution is 5.57. The van der Waals surface area contributed by atoms with Crippen LogP contribution in [0.5, 0.6) is 0 Å². The number of nitrogens with zero attached hydrogens (tertiary/aromatic N) is 4. The summed E-state index contributed by atoms with van der Waals surface area (Å²) in [6.45, 7) is 2.20. The van der Waals surface area contributed by atoms with E-state index >= 15 is 0 Å². The maximum atomic E-state index is 11.1. The van der Waals surface area contributed by atoms with Gasteiger partial charge in [0.2, 0.25) is 11.8 Å². The summed E-state index contributed by atoms with van der Waals surface area (Å²) in [6, 6.07) is 0.785. The van der Waals surface area contributed by atoms with Crippen molar-refractivity contribution in [3.63, 3.8) is 0 Å². The van der Waals surface area contributed by atoms with Gasteiger partial charge in [0.25, 0.3) is 0 Å². The van der Waals surface area contributed by atoms with Gasteiger partial charge >= 0.3 is 5.69 Å². The summed E-state index contributed by atoms with van der Waals surface area (Å²) in [5, 5.41) is 14.3. The number of nitrogens with two attached hydrogens (primary N) is 1. The van der Waals surface area contributed by atoms with Gasteiger partial charge in [-0.1, -0.05) is 0 Å². The van der Waals surface area contributed by atoms with Crippen molar-refractivity contribution in [1.29, 1.82) is 0 Å². The minimum absolute atomic E-state index is 0.122. The second kappa shape index (κ2) is 5.78. The molecular formula is C12H19N7O2. The average molecular weight is 293 g/mol. The van der Waals surface area contributed by atoms with Crippen LogP contribution in [0.1, 0.15) is 25.7 Å². The number of piperidine rings is 1. The fourth-order valence-corrected chi connectivity index (χ4v) is 3.23. The molecule has 2 aliphatic heterocycles. The second-order valence-corrected chi connectivity index (χ2v) is 5.53. The third kappa shape index (κ3) is 2.88. The lowest BCUT2D eigenvalue weighted by Gasteiger charge is -2.35. The first kappa shape index (κ1) is 14.0. The van der Waals surface area contributed by atoms with Gasteiger partial charge in [0.05, 0.1) is 4.92 Å². The van der Waals surface area contributed by atoms with E-state index in [0.29, 0.717) is 6.04 Å². The third-order valence-corrected chi connectivity index (χ3v) is 4.26. The standard InChI is InChI=1S/C12H19N7O2/c13-17-12-14-7-10(19(20)21)11(16-12)15-8-3-5-18-4-1-2-9(18)6-8/h7-9H,1-6,13H2,(H2,14,15,16,17). The molecule has 3 rings (SSSR count). The van der Waals surface area contributed by atoms with Gasteiger partial charge in [0, 0.05) is 18.6 Å². The van der Waals surface area contributed by atoms with E-state index in [1.165, 1.54) is 25.6 Å². The van der Waals surface area contributed by atoms with Gasteiger partial charge in [-0.05, 0) is 32.2 Å². The topological polar surface area (TPSA) is 122 Å². The highest BCUT2D eigenvalue weighted by Gasteiger charge is 2.32. The van der Waals surface area contributed by atoms with Crippen LogP contribution in [0, 0.1) is 10.1 Å². The van der Waals surface area contributed by atoms with Crippen LogP contribution in [0.3, 0.4) is 0 Å². The number of rotatable bonds is 4. The zero-order valence-electron chi connectivity index (χ0n) is 11.7. The first-order valence-electron chi connectivity index (χ1n) is 7.16. The van der Waals surface area contributed by atoms with Gasteiger partial charge in [-0.3, -0.25) is 15.5 Å². The lowest BCUT2D eigenvalue weighted by atomic mass is 9.97. The molecule has 0 aromatic carbocycles. The molecule has 0 aliphatic carbocycles. The molecule has 0 spiro atoms. The Kier molecular flexibility index (Phi) is 3.84. The Balaban J connectivity index is 1.75. The molecule has 3 heterocycles. The molecule has 9 heteroatoms. The molecular weight excluding hydrogens is 274 g/mol. The molecule has 9 nitrogen and oxygen atoms in total. The Morgan fingerprint density at radius 3 is 3.05 bits per heavy atom. The number of anilines is 2. The van der Waals surface area contributed by atoms with E-state index in [4.69, 9.17) is 5.84 Å². The summed E-state index contributed by atoms with van der Waals surface area (Å²) >= 11 is 0. The lowest BCUT2D eigenvalue weighted by molar-refractivity contribution is -0.384. The van der Waals surface area contributed by atoms with Crippen LogP contribution in [-0.4, -0.2) is 45.0 Å². The van der Waals surface area contributed by atoms with E-state index in [2.05, 4.69) is 25.6 Å². The molecule has 2 atom stereocenters. The van der Waals surface area contributed by atoms with Crippen molar-refractivity contribution in [3.05, 3.63) is 16.3 Å². The van der Waals surface area contributed by atoms with Crippen molar-refractivity contribution in [2.24, 2.45) is 5.84 Å². The van der Waals surface area contributed by atoms with Crippen LogP contribution in [-0.2, 0) is 0 Å². The first-order valence-corrected chi connectivity index (χ1v) is 7.16. The smallest absolute Gasteiger partial charge is 0.329 e. The SMILES string of the molecule is NNc1ncc([N+](=O)[O-])c(NC2CCN3CCCC3C2)n1. The van der Waals surface area contributed by atoms with E-state index in [0.717, 1.165) is 19.4 Å². The van der Waals surface area contributed by atoms with Gasteiger partial charge in [-0.15, -0.1) is 0 Å². The second-order valence-electron chi connectivity index (χ2n) is 5.53. The van der Waals surface area contributed by atoms with E-state index in [1.54, 1.807) is 0 Å². The number of nitro groups is 1. The molecule has 4 N–H and O–H groups in total. The molecule has 0 bridgehead atoms. The number of nitrogens with one attached hydrogen (secondary N) is 2. The monoisotopic (exact) mass is 293 g/mol. The van der Waals surface area contributed by atoms with Gasteiger partial charge < -0.3 is 10.2 Å². The van der Waals surface area contributed by atoms with Crippen molar-refractivity contribution in [2.45, 2.75) is 37.8 Å². The Hall–Kier alpha value is -2.00. The Morgan fingerprint density at radius 2 is 2.29 bits per heavy atom. The Labute approximate surface area is 122 Å². The summed E-state index contributed by atoms with van der Waals surface area (Å²) in [5.41, 5.74) is 2.19. The van der Waals surface area contributed by atoms with Crippen LogP contribution in [0.25, 0.3) is 0 Å². The zero-order chi connectivity index (χ0) is 14.8. The normalized spacial score (nSPS) is 25.4. The van der Waals surface area contributed by atoms with Gasteiger partial charge in [-0.25, -0.2) is 10.8 Å². The Morgan fingerprint density at radius 1 is 1.43 bits per heavy atom. The molecule has 114 valence electrons. The maximum Gasteiger partial charge on any atom is 0.329 e. The number of hydrazine groups is 1. The summed E-state index contributed by atoms with van der Waals surface area (Å²) < 4.78 is 0. The first-order chi connectivity index (χ1) is 10.2. The van der Waals surface area contributed by atoms with Crippen molar-refractivity contribution in [2.75, 3.05) is 23.8 Å². The summed E-state index contributed by atoms with van der Waals surface area (Å²) in [4.78, 5) is 21.0. The lowest BCUT2D eigenvalue weighted by Crippen LogP contribution is -2.43. The molecule has 1 aromatic rings. The van der Waals surface area contributed by atoms with E-state index in [-0.39, 0.29) is 23.5 Å². The number of hydrogen-bond donors (Lipinski definition) is 3. The largest absolute Gasteiger partial charge is 0.361 e. The van der Waals surface area contributed by atoms with Crippen LogP contribution in [0.15, 0.2) is 6.20 Å². The van der Waals surface area contributed by atoms with Crippen LogP contribution >= 0.6 is 0 Å². The summed E-state index contributed by atoms with van der Waals surface area (Å²) in [5.74, 6) is 5.67. The molecule has 21 heavy (non-hydrogen) atoms. The van der Waals surface area contributed by atoms with Gasteiger partial charge in [0.15, 0.2) is 0 Å². The number of aromatic nitrogens is 2. The highest BCUT2D eigenvalue weighted by atomic mass is 16.6. The zero-order valence-corrected chi connectivity index (χ0v) is 11.7. The predicted octanol–water partition coefficient (Wildman–Crippen LogP) is 0.709. The minimum Gasteiger partial charge on any atom is -0.361 e. The van der Waals surface area contributed by atoms with Crippen LogP contribution < -0.4 is 16.6 Å². The van der Waals surface area contributed by atoms with E-state index < -0.39 is 4.92 Å². The van der Waals surface area contributed by atoms with Crippen molar-refractivity contribution < 1.29 is 4.92 Å². The highest BCUT2D eigenvalue weighted by Crippen LogP contribution is 2.30. The van der Waals surface area contributed by atoms with E-state index in [9.17, 15) is 10.1 Å². The maximum absolute atomic E-state index is 11.1. The molecule has 2 unspecified atom stereocenters. The van der Waals surface area contributed by atoms with Crippen LogP contribution in [0.2, 0.25) is 0 Å². The van der Waals surface area contributed by atoms with E-state index in [1.807, 2.05) is 0 Å². The number of hydrogen-bond acceptors (Lipinski definition) is 8. The third-order valence-electron chi connectivity index (χ3n) is 4.26. The molecule has 2 aliphatic rings. The quantitative estimate of drug-likeness (QED) is 0.421. The molecule has 2 saturated heterocycles. The van der Waals surface area contributed by atoms with Crippen molar-refractivity contribution in [1.82, 2.24) is 14.9 Å². The summed E-state index contributed by atoms with van der Waals surface area (Å²) in [7, 11) is 0. The number of fused-ring (bicyclic) bond motifs is 1. The summed E-state index contributed by atoms with van der Waals surface area (Å²) in [6.07, 6.45) is 5.58. The molecule has 0 saturated carbocycles. The number of nitrogen functional groups attached to an aromatic ring is 1. The predicted molar refractivity (Wildman–Crippen MR) is 77.7 cm³/mol. The average Bonchev–Trinajstić information content (AvgIpc) is 2.94. The molecule has 2 fully saturated rings. The van der Waals surface area contributed by atoms with Gasteiger partial charge in [-0.2, -0.15) is 4.98 Å². The molecule has 0 radical (unpaired) electrons. The fraction of sp³-hybridized carbons (Fsp3) is 0.667. The van der Waals surface area contributed by atoms with Crippen LogP contribution in [0.4, 0.5) is 17.5 Å². The van der Waals surface area contributed by atoms with Crippen molar-refractivity contribution in [3.8, 4) is 0 Å². The molecule has 0 amide bonds. The molecule has 1 aromatic heterocycles. The fourth-order valence-electron chi connectivity index (χ4n) is 3.23. The van der Waals surface area contributed by atoms with Crippen molar-refractivity contribution >= 4 is 17.5 Å².